The van der Waals surface area contributed by atoms with E-state index >= 15 is 0 Å². The van der Waals surface area contributed by atoms with Crippen LogP contribution in [0.25, 0.3) is 11.3 Å². The van der Waals surface area contributed by atoms with Gasteiger partial charge in [0.25, 0.3) is 5.91 Å². The Labute approximate surface area is 157 Å². The smallest absolute Gasteiger partial charge is 0.254 e. The quantitative estimate of drug-likeness (QED) is 0.633. The van der Waals surface area contributed by atoms with E-state index in [0.29, 0.717) is 40.9 Å². The molecule has 0 aliphatic rings. The van der Waals surface area contributed by atoms with E-state index in [4.69, 9.17) is 20.9 Å². The van der Waals surface area contributed by atoms with Gasteiger partial charge in [-0.2, -0.15) is 0 Å². The monoisotopic (exact) mass is 370 g/mol. The molecular formula is C20H19ClN2O3. The van der Waals surface area contributed by atoms with Crippen LogP contribution >= 0.6 is 11.6 Å². The normalized spacial score (nSPS) is 10.6. The molecule has 1 heterocycles. The lowest BCUT2D eigenvalue weighted by Gasteiger charge is -2.19. The summed E-state index contributed by atoms with van der Waals surface area (Å²) < 4.78 is 10.8. The first kappa shape index (κ1) is 18.0. The van der Waals surface area contributed by atoms with Crippen LogP contribution in [0, 0.1) is 0 Å². The van der Waals surface area contributed by atoms with E-state index in [1.54, 1.807) is 36.3 Å². The third-order valence-corrected chi connectivity index (χ3v) is 4.30. The van der Waals surface area contributed by atoms with E-state index in [0.717, 1.165) is 5.56 Å². The minimum absolute atomic E-state index is 0.0778. The number of carbonyl (C=O) groups excluding carboxylic acids is 1. The molecule has 0 spiro atoms. The Kier molecular flexibility index (Phi) is 5.58. The average Bonchev–Trinajstić information content (AvgIpc) is 3.14. The van der Waals surface area contributed by atoms with Gasteiger partial charge in [-0.3, -0.25) is 4.79 Å². The highest BCUT2D eigenvalue weighted by Crippen LogP contribution is 2.30. The molecule has 26 heavy (non-hydrogen) atoms. The number of hydrogen-bond donors (Lipinski definition) is 0. The third kappa shape index (κ3) is 3.89. The van der Waals surface area contributed by atoms with E-state index in [1.165, 1.54) is 0 Å². The summed E-state index contributed by atoms with van der Waals surface area (Å²) in [7, 11) is 1.61. The fourth-order valence-electron chi connectivity index (χ4n) is 2.66. The number of hydrogen-bond acceptors (Lipinski definition) is 4. The number of methoxy groups -OCH3 is 1. The molecular weight excluding hydrogens is 352 g/mol. The highest BCUT2D eigenvalue weighted by Gasteiger charge is 2.18. The number of carbonyl (C=O) groups is 1. The molecule has 2 aromatic carbocycles. The maximum absolute atomic E-state index is 12.7. The molecule has 5 nitrogen and oxygen atoms in total. The fraction of sp³-hybridized carbons (Fsp3) is 0.200. The Balaban J connectivity index is 1.78. The highest BCUT2D eigenvalue weighted by molar-refractivity contribution is 6.30. The van der Waals surface area contributed by atoms with Gasteiger partial charge in [0, 0.05) is 23.2 Å². The van der Waals surface area contributed by atoms with Crippen molar-refractivity contribution in [1.82, 2.24) is 10.1 Å². The first-order valence-electron chi connectivity index (χ1n) is 8.26. The second kappa shape index (κ2) is 8.06. The maximum Gasteiger partial charge on any atom is 0.254 e. The predicted molar refractivity (Wildman–Crippen MR) is 100 cm³/mol. The van der Waals surface area contributed by atoms with Crippen molar-refractivity contribution in [2.45, 2.75) is 13.5 Å². The Morgan fingerprint density at radius 2 is 1.92 bits per heavy atom. The van der Waals surface area contributed by atoms with Gasteiger partial charge in [0.05, 0.1) is 19.2 Å². The minimum atomic E-state index is -0.0778. The summed E-state index contributed by atoms with van der Waals surface area (Å²) in [4.78, 5) is 14.4. The zero-order valence-electron chi connectivity index (χ0n) is 14.6. The number of aromatic nitrogens is 1. The molecule has 0 saturated heterocycles. The number of benzene rings is 2. The zero-order chi connectivity index (χ0) is 18.5. The van der Waals surface area contributed by atoms with Gasteiger partial charge in [-0.05, 0) is 43.3 Å². The lowest BCUT2D eigenvalue weighted by Crippen LogP contribution is -2.30. The van der Waals surface area contributed by atoms with Gasteiger partial charge in [0.2, 0.25) is 0 Å². The van der Waals surface area contributed by atoms with Crippen LogP contribution in [0.4, 0.5) is 0 Å². The largest absolute Gasteiger partial charge is 0.496 e. The van der Waals surface area contributed by atoms with Gasteiger partial charge in [-0.25, -0.2) is 0 Å². The molecule has 1 aromatic heterocycles. The van der Waals surface area contributed by atoms with Gasteiger partial charge in [0.15, 0.2) is 5.76 Å². The molecule has 134 valence electrons. The molecule has 0 unspecified atom stereocenters. The SMILES string of the molecule is CCN(Cc1cc(-c2ccccc2OC)on1)C(=O)c1ccc(Cl)cc1. The second-order valence-electron chi connectivity index (χ2n) is 5.71. The van der Waals surface area contributed by atoms with Gasteiger partial charge in [0.1, 0.15) is 11.4 Å². The third-order valence-electron chi connectivity index (χ3n) is 4.04. The highest BCUT2D eigenvalue weighted by atomic mass is 35.5. The van der Waals surface area contributed by atoms with Crippen LogP contribution in [0.2, 0.25) is 5.02 Å². The molecule has 0 aliphatic carbocycles. The Morgan fingerprint density at radius 3 is 2.62 bits per heavy atom. The fourth-order valence-corrected chi connectivity index (χ4v) is 2.79. The first-order valence-corrected chi connectivity index (χ1v) is 8.64. The van der Waals surface area contributed by atoms with Crippen molar-refractivity contribution >= 4 is 17.5 Å². The van der Waals surface area contributed by atoms with Crippen molar-refractivity contribution in [3.63, 3.8) is 0 Å². The van der Waals surface area contributed by atoms with Crippen LogP contribution in [0.5, 0.6) is 5.75 Å². The summed E-state index contributed by atoms with van der Waals surface area (Å²) in [6.45, 7) is 2.84. The van der Waals surface area contributed by atoms with Crippen molar-refractivity contribution in [2.75, 3.05) is 13.7 Å². The van der Waals surface area contributed by atoms with Crippen molar-refractivity contribution in [1.29, 1.82) is 0 Å². The number of para-hydroxylation sites is 1. The minimum Gasteiger partial charge on any atom is -0.496 e. The molecule has 0 bridgehead atoms. The molecule has 0 saturated carbocycles. The number of halogens is 1. The zero-order valence-corrected chi connectivity index (χ0v) is 15.4. The lowest BCUT2D eigenvalue weighted by atomic mass is 10.1. The molecule has 0 N–H and O–H groups in total. The van der Waals surface area contributed by atoms with Crippen LogP contribution in [0.3, 0.4) is 0 Å². The summed E-state index contributed by atoms with van der Waals surface area (Å²) in [6, 6.07) is 16.2. The molecule has 6 heteroatoms. The van der Waals surface area contributed by atoms with Crippen LogP contribution in [-0.4, -0.2) is 29.6 Å². The summed E-state index contributed by atoms with van der Waals surface area (Å²) in [5.41, 5.74) is 2.08. The number of ether oxygens (including phenoxy) is 1. The molecule has 0 radical (unpaired) electrons. The standard InChI is InChI=1S/C20H19ClN2O3/c1-3-23(20(24)14-8-10-15(21)11-9-14)13-16-12-19(26-22-16)17-6-4-5-7-18(17)25-2/h4-12H,3,13H2,1-2H3. The molecule has 1 amide bonds. The lowest BCUT2D eigenvalue weighted by molar-refractivity contribution is 0.0749. The average molecular weight is 371 g/mol. The van der Waals surface area contributed by atoms with Gasteiger partial charge in [-0.1, -0.05) is 28.9 Å². The van der Waals surface area contributed by atoms with Crippen LogP contribution in [0.15, 0.2) is 59.1 Å². The number of amides is 1. The first-order chi connectivity index (χ1) is 12.6. The van der Waals surface area contributed by atoms with Crippen molar-refractivity contribution in [3.05, 3.63) is 70.9 Å². The molecule has 0 atom stereocenters. The topological polar surface area (TPSA) is 55.6 Å². The van der Waals surface area contributed by atoms with Crippen LogP contribution < -0.4 is 4.74 Å². The maximum atomic E-state index is 12.7. The van der Waals surface area contributed by atoms with E-state index in [9.17, 15) is 4.79 Å². The molecule has 0 aliphatic heterocycles. The predicted octanol–water partition coefficient (Wildman–Crippen LogP) is 4.67. The van der Waals surface area contributed by atoms with Gasteiger partial charge in [-0.15, -0.1) is 0 Å². The summed E-state index contributed by atoms with van der Waals surface area (Å²) in [5, 5.41) is 4.70. The second-order valence-corrected chi connectivity index (χ2v) is 6.15. The van der Waals surface area contributed by atoms with E-state index in [2.05, 4.69) is 5.16 Å². The number of rotatable bonds is 6. The Morgan fingerprint density at radius 1 is 1.19 bits per heavy atom. The van der Waals surface area contributed by atoms with E-state index in [-0.39, 0.29) is 5.91 Å². The molecule has 3 aromatic rings. The Bertz CT molecular complexity index is 890. The molecule has 0 fully saturated rings. The van der Waals surface area contributed by atoms with E-state index in [1.807, 2.05) is 37.3 Å². The summed E-state index contributed by atoms with van der Waals surface area (Å²) >= 11 is 5.89. The van der Waals surface area contributed by atoms with Crippen molar-refractivity contribution in [2.24, 2.45) is 0 Å². The Hall–Kier alpha value is -2.79. The number of nitrogens with zero attached hydrogens (tertiary/aromatic N) is 2. The van der Waals surface area contributed by atoms with Crippen molar-refractivity contribution < 1.29 is 14.1 Å². The van der Waals surface area contributed by atoms with Gasteiger partial charge < -0.3 is 14.2 Å². The van der Waals surface area contributed by atoms with Crippen LogP contribution in [-0.2, 0) is 6.54 Å². The summed E-state index contributed by atoms with van der Waals surface area (Å²) in [5.74, 6) is 1.23. The van der Waals surface area contributed by atoms with Crippen LogP contribution in [0.1, 0.15) is 23.0 Å². The summed E-state index contributed by atoms with van der Waals surface area (Å²) in [6.07, 6.45) is 0. The van der Waals surface area contributed by atoms with E-state index < -0.39 is 0 Å². The van der Waals surface area contributed by atoms with Crippen molar-refractivity contribution in [3.8, 4) is 17.1 Å². The molecule has 3 rings (SSSR count). The van der Waals surface area contributed by atoms with Gasteiger partial charge >= 0.3 is 0 Å².